The van der Waals surface area contributed by atoms with Crippen LogP contribution in [0.25, 0.3) is 0 Å². The van der Waals surface area contributed by atoms with E-state index in [1.54, 1.807) is 23.5 Å². The summed E-state index contributed by atoms with van der Waals surface area (Å²) in [5.41, 5.74) is 0. The molecule has 7 heteroatoms. The number of sulfonamides is 1. The van der Waals surface area contributed by atoms with Crippen molar-refractivity contribution in [2.45, 2.75) is 11.8 Å². The van der Waals surface area contributed by atoms with Gasteiger partial charge < -0.3 is 10.2 Å². The van der Waals surface area contributed by atoms with E-state index in [0.29, 0.717) is 23.8 Å². The highest BCUT2D eigenvalue weighted by Gasteiger charge is 2.28. The van der Waals surface area contributed by atoms with E-state index in [9.17, 15) is 8.42 Å². The van der Waals surface area contributed by atoms with Gasteiger partial charge in [-0.2, -0.15) is 4.31 Å². The van der Waals surface area contributed by atoms with Gasteiger partial charge in [-0.25, -0.2) is 13.4 Å². The van der Waals surface area contributed by atoms with E-state index in [2.05, 4.69) is 22.1 Å². The van der Waals surface area contributed by atoms with E-state index in [4.69, 9.17) is 0 Å². The Morgan fingerprint density at radius 3 is 2.58 bits per heavy atom. The van der Waals surface area contributed by atoms with Crippen LogP contribution >= 0.6 is 0 Å². The van der Waals surface area contributed by atoms with Gasteiger partial charge in [0.1, 0.15) is 5.82 Å². The first kappa shape index (κ1) is 14.2. The van der Waals surface area contributed by atoms with Crippen molar-refractivity contribution in [3.05, 3.63) is 18.3 Å². The average Bonchev–Trinajstić information content (AvgIpc) is 2.47. The van der Waals surface area contributed by atoms with Gasteiger partial charge in [-0.15, -0.1) is 0 Å². The molecule has 1 aliphatic rings. The Labute approximate surface area is 114 Å². The van der Waals surface area contributed by atoms with E-state index in [0.717, 1.165) is 19.6 Å². The summed E-state index contributed by atoms with van der Waals surface area (Å²) >= 11 is 0. The molecule has 19 heavy (non-hydrogen) atoms. The van der Waals surface area contributed by atoms with Crippen molar-refractivity contribution in [3.63, 3.8) is 0 Å². The van der Waals surface area contributed by atoms with Gasteiger partial charge in [-0.1, -0.05) is 6.92 Å². The van der Waals surface area contributed by atoms with Gasteiger partial charge >= 0.3 is 0 Å². The third kappa shape index (κ3) is 3.05. The van der Waals surface area contributed by atoms with Crippen LogP contribution < -0.4 is 5.32 Å². The minimum atomic E-state index is -3.40. The molecule has 1 aliphatic heterocycles. The molecule has 0 saturated carbocycles. The van der Waals surface area contributed by atoms with E-state index in [1.807, 2.05) is 0 Å². The van der Waals surface area contributed by atoms with Crippen molar-refractivity contribution in [2.24, 2.45) is 0 Å². The number of hydrogen-bond donors (Lipinski definition) is 1. The summed E-state index contributed by atoms with van der Waals surface area (Å²) in [7, 11) is -1.68. The van der Waals surface area contributed by atoms with Crippen molar-refractivity contribution < 1.29 is 8.42 Å². The molecule has 0 radical (unpaired) electrons. The van der Waals surface area contributed by atoms with Gasteiger partial charge in [0.25, 0.3) is 0 Å². The van der Waals surface area contributed by atoms with Crippen molar-refractivity contribution in [1.82, 2.24) is 14.2 Å². The molecule has 0 bridgehead atoms. The fourth-order valence-corrected chi connectivity index (χ4v) is 3.58. The van der Waals surface area contributed by atoms with Gasteiger partial charge in [-0.3, -0.25) is 0 Å². The Balaban J connectivity index is 2.18. The molecular formula is C12H20N4O2S. The summed E-state index contributed by atoms with van der Waals surface area (Å²) in [5, 5.41) is 2.86. The number of anilines is 1. The zero-order valence-corrected chi connectivity index (χ0v) is 12.2. The lowest BCUT2D eigenvalue weighted by Crippen LogP contribution is -2.48. The van der Waals surface area contributed by atoms with Crippen LogP contribution in [0.2, 0.25) is 0 Å². The van der Waals surface area contributed by atoms with Crippen LogP contribution in [0.3, 0.4) is 0 Å². The van der Waals surface area contributed by atoms with Crippen LogP contribution in [-0.2, 0) is 10.0 Å². The third-order valence-electron chi connectivity index (χ3n) is 3.40. The highest BCUT2D eigenvalue weighted by Crippen LogP contribution is 2.19. The minimum Gasteiger partial charge on any atom is -0.373 e. The van der Waals surface area contributed by atoms with Crippen LogP contribution in [0.4, 0.5) is 5.82 Å². The summed E-state index contributed by atoms with van der Waals surface area (Å²) in [4.78, 5) is 6.59. The molecular weight excluding hydrogens is 264 g/mol. The monoisotopic (exact) mass is 284 g/mol. The summed E-state index contributed by atoms with van der Waals surface area (Å²) < 4.78 is 26.6. The summed E-state index contributed by atoms with van der Waals surface area (Å²) in [6.45, 7) is 5.74. The van der Waals surface area contributed by atoms with E-state index in [1.165, 1.54) is 6.20 Å². The molecule has 1 N–H and O–H groups in total. The molecule has 0 atom stereocenters. The molecule has 106 valence electrons. The van der Waals surface area contributed by atoms with Crippen molar-refractivity contribution in [1.29, 1.82) is 0 Å². The normalized spacial score (nSPS) is 18.4. The number of aromatic nitrogens is 1. The highest BCUT2D eigenvalue weighted by atomic mass is 32.2. The Bertz CT molecular complexity index is 524. The molecule has 0 aromatic carbocycles. The van der Waals surface area contributed by atoms with Crippen molar-refractivity contribution >= 4 is 15.8 Å². The number of rotatable bonds is 4. The second kappa shape index (κ2) is 5.85. The lowest BCUT2D eigenvalue weighted by molar-refractivity contribution is 0.196. The molecule has 6 nitrogen and oxygen atoms in total. The van der Waals surface area contributed by atoms with Gasteiger partial charge in [-0.05, 0) is 12.6 Å². The largest absolute Gasteiger partial charge is 0.373 e. The zero-order chi connectivity index (χ0) is 13.9. The van der Waals surface area contributed by atoms with Crippen LogP contribution in [-0.4, -0.2) is 62.4 Å². The first-order valence-corrected chi connectivity index (χ1v) is 7.88. The highest BCUT2D eigenvalue weighted by molar-refractivity contribution is 7.89. The topological polar surface area (TPSA) is 65.5 Å². The lowest BCUT2D eigenvalue weighted by atomic mass is 10.4. The van der Waals surface area contributed by atoms with E-state index in [-0.39, 0.29) is 0 Å². The fraction of sp³-hybridized carbons (Fsp3) is 0.583. The minimum absolute atomic E-state index is 0.303. The molecule has 2 rings (SSSR count). The Morgan fingerprint density at radius 1 is 1.32 bits per heavy atom. The molecule has 0 amide bonds. The molecule has 1 saturated heterocycles. The molecule has 0 unspecified atom stereocenters. The molecule has 0 spiro atoms. The van der Waals surface area contributed by atoms with Crippen molar-refractivity contribution in [3.8, 4) is 0 Å². The smallest absolute Gasteiger partial charge is 0.243 e. The summed E-state index contributed by atoms with van der Waals surface area (Å²) in [6.07, 6.45) is 1.51. The van der Waals surface area contributed by atoms with Crippen LogP contribution in [0.15, 0.2) is 23.2 Å². The predicted octanol–water partition coefficient (Wildman–Crippen LogP) is 0.449. The zero-order valence-electron chi connectivity index (χ0n) is 11.3. The average molecular weight is 284 g/mol. The first-order valence-electron chi connectivity index (χ1n) is 6.44. The van der Waals surface area contributed by atoms with Gasteiger partial charge in [0.2, 0.25) is 10.0 Å². The van der Waals surface area contributed by atoms with Crippen LogP contribution in [0.1, 0.15) is 6.92 Å². The second-order valence-electron chi connectivity index (χ2n) is 4.47. The Kier molecular flexibility index (Phi) is 4.38. The summed E-state index contributed by atoms with van der Waals surface area (Å²) in [6, 6.07) is 3.11. The lowest BCUT2D eigenvalue weighted by Gasteiger charge is -2.33. The molecule has 1 aromatic rings. The third-order valence-corrected chi connectivity index (χ3v) is 5.30. The van der Waals surface area contributed by atoms with E-state index >= 15 is 0 Å². The van der Waals surface area contributed by atoms with Gasteiger partial charge in [0.15, 0.2) is 0 Å². The first-order chi connectivity index (χ1) is 9.07. The number of nitrogens with zero attached hydrogens (tertiary/aromatic N) is 3. The quantitative estimate of drug-likeness (QED) is 0.869. The fourth-order valence-electron chi connectivity index (χ4n) is 2.14. The maximum Gasteiger partial charge on any atom is 0.243 e. The van der Waals surface area contributed by atoms with Crippen molar-refractivity contribution in [2.75, 3.05) is 45.1 Å². The summed E-state index contributed by atoms with van der Waals surface area (Å²) in [5.74, 6) is 0.563. The predicted molar refractivity (Wildman–Crippen MR) is 74.7 cm³/mol. The number of likely N-dealkylation sites (N-methyl/N-ethyl adjacent to an activating group) is 1. The molecule has 2 heterocycles. The molecule has 0 aliphatic carbocycles. The Morgan fingerprint density at radius 2 is 2.00 bits per heavy atom. The van der Waals surface area contributed by atoms with Gasteiger partial charge in [0, 0.05) is 45.5 Å². The van der Waals surface area contributed by atoms with Gasteiger partial charge in [0.05, 0.1) is 4.90 Å². The maximum absolute atomic E-state index is 12.5. The van der Waals surface area contributed by atoms with E-state index < -0.39 is 10.0 Å². The number of nitrogens with one attached hydrogen (secondary N) is 1. The van der Waals surface area contributed by atoms with Crippen LogP contribution in [0.5, 0.6) is 0 Å². The number of hydrogen-bond acceptors (Lipinski definition) is 5. The van der Waals surface area contributed by atoms with Crippen LogP contribution in [0, 0.1) is 0 Å². The number of piperazine rings is 1. The standard InChI is InChI=1S/C12H20N4O2S/c1-3-15-6-8-16(9-7-15)19(17,18)11-4-5-14-12(10-11)13-2/h4-5,10H,3,6-9H2,1-2H3,(H,13,14). The SMILES string of the molecule is CCN1CCN(S(=O)(=O)c2ccnc(NC)c2)CC1. The number of pyridine rings is 1. The Hall–Kier alpha value is -1.18. The molecule has 1 fully saturated rings. The second-order valence-corrected chi connectivity index (χ2v) is 6.40. The molecule has 1 aromatic heterocycles. The maximum atomic E-state index is 12.5.